The van der Waals surface area contributed by atoms with Crippen molar-refractivity contribution in [1.82, 2.24) is 14.9 Å². The number of hydrogen-bond donors (Lipinski definition) is 1. The lowest BCUT2D eigenvalue weighted by molar-refractivity contribution is 0.170. The molecular formula is C15H19N3O2. The van der Waals surface area contributed by atoms with Crippen molar-refractivity contribution in [2.24, 2.45) is 0 Å². The molecule has 1 atom stereocenters. The Labute approximate surface area is 118 Å². The van der Waals surface area contributed by atoms with Crippen LogP contribution in [0.15, 0.2) is 30.7 Å². The zero-order valence-corrected chi connectivity index (χ0v) is 11.8. The van der Waals surface area contributed by atoms with Crippen LogP contribution < -0.4 is 9.47 Å². The molecule has 1 aromatic heterocycles. The van der Waals surface area contributed by atoms with Gasteiger partial charge >= 0.3 is 0 Å². The summed E-state index contributed by atoms with van der Waals surface area (Å²) in [7, 11) is 2.10. The number of nitrogens with zero attached hydrogens (tertiary/aromatic N) is 2. The Bertz CT molecular complexity index is 569. The normalized spacial score (nSPS) is 15.3. The number of aromatic nitrogens is 2. The van der Waals surface area contributed by atoms with E-state index in [1.165, 1.54) is 5.56 Å². The number of rotatable bonds is 4. The van der Waals surface area contributed by atoms with E-state index in [9.17, 15) is 0 Å². The second kappa shape index (κ2) is 5.54. The highest BCUT2D eigenvalue weighted by Gasteiger charge is 2.17. The van der Waals surface area contributed by atoms with Crippen molar-refractivity contribution < 1.29 is 9.47 Å². The SMILES string of the molecule is CC(c1ccc2c(c1)OCCO2)N(C)Cc1cnc[nH]1. The van der Waals surface area contributed by atoms with Gasteiger partial charge in [0, 0.05) is 24.5 Å². The molecule has 2 heterocycles. The van der Waals surface area contributed by atoms with Gasteiger partial charge in [-0.2, -0.15) is 0 Å². The van der Waals surface area contributed by atoms with Gasteiger partial charge in [-0.15, -0.1) is 0 Å². The number of nitrogens with one attached hydrogen (secondary N) is 1. The zero-order chi connectivity index (χ0) is 13.9. The Morgan fingerprint density at radius 2 is 2.10 bits per heavy atom. The van der Waals surface area contributed by atoms with E-state index in [1.807, 2.05) is 12.3 Å². The van der Waals surface area contributed by atoms with E-state index in [1.54, 1.807) is 6.33 Å². The van der Waals surface area contributed by atoms with E-state index in [0.29, 0.717) is 13.2 Å². The molecule has 1 aliphatic rings. The summed E-state index contributed by atoms with van der Waals surface area (Å²) in [6.07, 6.45) is 3.56. The van der Waals surface area contributed by atoms with Crippen LogP contribution in [-0.4, -0.2) is 35.1 Å². The van der Waals surface area contributed by atoms with Crippen molar-refractivity contribution in [3.05, 3.63) is 42.0 Å². The first-order chi connectivity index (χ1) is 9.74. The van der Waals surface area contributed by atoms with Crippen molar-refractivity contribution in [1.29, 1.82) is 0 Å². The number of benzene rings is 1. The number of imidazole rings is 1. The summed E-state index contributed by atoms with van der Waals surface area (Å²) in [5.41, 5.74) is 2.33. The first-order valence-electron chi connectivity index (χ1n) is 6.81. The van der Waals surface area contributed by atoms with Crippen LogP contribution >= 0.6 is 0 Å². The first-order valence-corrected chi connectivity index (χ1v) is 6.81. The van der Waals surface area contributed by atoms with Crippen molar-refractivity contribution >= 4 is 0 Å². The molecule has 2 aromatic rings. The third-order valence-corrected chi connectivity index (χ3v) is 3.68. The van der Waals surface area contributed by atoms with Gasteiger partial charge in [0.15, 0.2) is 11.5 Å². The van der Waals surface area contributed by atoms with E-state index in [0.717, 1.165) is 23.7 Å². The van der Waals surface area contributed by atoms with Gasteiger partial charge in [0.2, 0.25) is 0 Å². The maximum atomic E-state index is 5.64. The quantitative estimate of drug-likeness (QED) is 0.929. The fourth-order valence-corrected chi connectivity index (χ4v) is 2.35. The summed E-state index contributed by atoms with van der Waals surface area (Å²) in [6, 6.07) is 6.45. The maximum Gasteiger partial charge on any atom is 0.161 e. The molecule has 106 valence electrons. The highest BCUT2D eigenvalue weighted by atomic mass is 16.6. The minimum absolute atomic E-state index is 0.286. The van der Waals surface area contributed by atoms with Crippen LogP contribution in [0.2, 0.25) is 0 Å². The Kier molecular flexibility index (Phi) is 3.60. The number of H-pyrrole nitrogens is 1. The molecular weight excluding hydrogens is 254 g/mol. The van der Waals surface area contributed by atoms with Gasteiger partial charge < -0.3 is 14.5 Å². The second-order valence-electron chi connectivity index (χ2n) is 5.07. The predicted molar refractivity (Wildman–Crippen MR) is 75.9 cm³/mol. The van der Waals surface area contributed by atoms with Gasteiger partial charge in [0.05, 0.1) is 6.33 Å². The second-order valence-corrected chi connectivity index (χ2v) is 5.07. The van der Waals surface area contributed by atoms with Gasteiger partial charge in [-0.25, -0.2) is 4.98 Å². The van der Waals surface area contributed by atoms with Crippen LogP contribution in [0.4, 0.5) is 0 Å². The molecule has 20 heavy (non-hydrogen) atoms. The molecule has 5 heteroatoms. The largest absolute Gasteiger partial charge is 0.486 e. The lowest BCUT2D eigenvalue weighted by Crippen LogP contribution is -2.22. The molecule has 0 bridgehead atoms. The van der Waals surface area contributed by atoms with E-state index in [-0.39, 0.29) is 6.04 Å². The summed E-state index contributed by atoms with van der Waals surface area (Å²) >= 11 is 0. The average molecular weight is 273 g/mol. The molecule has 0 spiro atoms. The van der Waals surface area contributed by atoms with Gasteiger partial charge in [0.25, 0.3) is 0 Å². The third kappa shape index (κ3) is 2.63. The lowest BCUT2D eigenvalue weighted by atomic mass is 10.1. The molecule has 1 aromatic carbocycles. The number of aromatic amines is 1. The molecule has 1 aliphatic heterocycles. The van der Waals surface area contributed by atoms with E-state index in [2.05, 4.69) is 41.0 Å². The van der Waals surface area contributed by atoms with Crippen molar-refractivity contribution in [2.75, 3.05) is 20.3 Å². The van der Waals surface area contributed by atoms with Gasteiger partial charge in [-0.3, -0.25) is 4.90 Å². The van der Waals surface area contributed by atoms with Crippen LogP contribution in [-0.2, 0) is 6.54 Å². The number of hydrogen-bond acceptors (Lipinski definition) is 4. The van der Waals surface area contributed by atoms with Crippen molar-refractivity contribution in [3.63, 3.8) is 0 Å². The van der Waals surface area contributed by atoms with Gasteiger partial charge in [0.1, 0.15) is 13.2 Å². The van der Waals surface area contributed by atoms with Crippen LogP contribution in [0.3, 0.4) is 0 Å². The fraction of sp³-hybridized carbons (Fsp3) is 0.400. The molecule has 1 N–H and O–H groups in total. The third-order valence-electron chi connectivity index (χ3n) is 3.68. The predicted octanol–water partition coefficient (Wildman–Crippen LogP) is 2.37. The summed E-state index contributed by atoms with van der Waals surface area (Å²) in [5.74, 6) is 1.68. The molecule has 3 rings (SSSR count). The van der Waals surface area contributed by atoms with Gasteiger partial charge in [-0.05, 0) is 31.7 Å². The highest BCUT2D eigenvalue weighted by Crippen LogP contribution is 2.33. The smallest absolute Gasteiger partial charge is 0.161 e. The number of fused-ring (bicyclic) bond motifs is 1. The minimum Gasteiger partial charge on any atom is -0.486 e. The molecule has 5 nitrogen and oxygen atoms in total. The van der Waals surface area contributed by atoms with E-state index < -0.39 is 0 Å². The van der Waals surface area contributed by atoms with Crippen LogP contribution in [0.1, 0.15) is 24.2 Å². The molecule has 0 radical (unpaired) electrons. The summed E-state index contributed by atoms with van der Waals surface area (Å²) in [5, 5.41) is 0. The molecule has 1 unspecified atom stereocenters. The average Bonchev–Trinajstić information content (AvgIpc) is 2.99. The maximum absolute atomic E-state index is 5.64. The summed E-state index contributed by atoms with van der Waals surface area (Å²) < 4.78 is 11.2. The van der Waals surface area contributed by atoms with Crippen molar-refractivity contribution in [2.45, 2.75) is 19.5 Å². The standard InChI is InChI=1S/C15H19N3O2/c1-11(18(2)9-13-8-16-10-17-13)12-3-4-14-15(7-12)20-6-5-19-14/h3-4,7-8,10-11H,5-6,9H2,1-2H3,(H,16,17). The highest BCUT2D eigenvalue weighted by molar-refractivity contribution is 5.44. The van der Waals surface area contributed by atoms with Crippen LogP contribution in [0.5, 0.6) is 11.5 Å². The first kappa shape index (κ1) is 13.0. The minimum atomic E-state index is 0.286. The Hall–Kier alpha value is -2.01. The molecule has 0 aliphatic carbocycles. The Morgan fingerprint density at radius 1 is 1.30 bits per heavy atom. The Balaban J connectivity index is 1.74. The van der Waals surface area contributed by atoms with E-state index >= 15 is 0 Å². The monoisotopic (exact) mass is 273 g/mol. The summed E-state index contributed by atoms with van der Waals surface area (Å²) in [4.78, 5) is 9.44. The van der Waals surface area contributed by atoms with Crippen LogP contribution in [0, 0.1) is 0 Å². The van der Waals surface area contributed by atoms with Gasteiger partial charge in [-0.1, -0.05) is 6.07 Å². The molecule has 0 saturated carbocycles. The fourth-order valence-electron chi connectivity index (χ4n) is 2.35. The van der Waals surface area contributed by atoms with E-state index in [4.69, 9.17) is 9.47 Å². The molecule has 0 saturated heterocycles. The molecule has 0 amide bonds. The Morgan fingerprint density at radius 3 is 2.85 bits per heavy atom. The summed E-state index contributed by atoms with van der Waals surface area (Å²) in [6.45, 7) is 4.26. The number of ether oxygens (including phenoxy) is 2. The topological polar surface area (TPSA) is 50.4 Å². The molecule has 0 fully saturated rings. The van der Waals surface area contributed by atoms with Crippen LogP contribution in [0.25, 0.3) is 0 Å². The lowest BCUT2D eigenvalue weighted by Gasteiger charge is -2.26. The zero-order valence-electron chi connectivity index (χ0n) is 11.8. The van der Waals surface area contributed by atoms with Crippen molar-refractivity contribution in [3.8, 4) is 11.5 Å².